The van der Waals surface area contributed by atoms with Crippen LogP contribution < -0.4 is 10.1 Å². The minimum atomic E-state index is -4.78. The van der Waals surface area contributed by atoms with E-state index in [4.69, 9.17) is 11.6 Å². The second-order valence-electron chi connectivity index (χ2n) is 5.06. The van der Waals surface area contributed by atoms with Crippen LogP contribution in [0.4, 0.5) is 18.9 Å². The van der Waals surface area contributed by atoms with Gasteiger partial charge in [-0.1, -0.05) is 23.7 Å². The molecule has 0 saturated heterocycles. The molecule has 0 fully saturated rings. The Hall–Kier alpha value is -3.07. The molecule has 0 aliphatic rings. The highest BCUT2D eigenvalue weighted by molar-refractivity contribution is 6.30. The Kier molecular flexibility index (Phi) is 4.81. The van der Waals surface area contributed by atoms with Crippen molar-refractivity contribution in [1.82, 2.24) is 15.4 Å². The number of hydrogen-bond acceptors (Lipinski definition) is 4. The van der Waals surface area contributed by atoms with Gasteiger partial charge >= 0.3 is 6.36 Å². The van der Waals surface area contributed by atoms with Crippen molar-refractivity contribution in [3.05, 3.63) is 59.2 Å². The molecule has 3 rings (SSSR count). The largest absolute Gasteiger partial charge is 0.573 e. The Morgan fingerprint density at radius 2 is 1.85 bits per heavy atom. The molecule has 1 aromatic heterocycles. The van der Waals surface area contributed by atoms with E-state index in [1.54, 1.807) is 24.3 Å². The van der Waals surface area contributed by atoms with Crippen LogP contribution in [-0.2, 0) is 0 Å². The van der Waals surface area contributed by atoms with Crippen molar-refractivity contribution in [1.29, 1.82) is 0 Å². The van der Waals surface area contributed by atoms with Gasteiger partial charge in [-0.2, -0.15) is 15.4 Å². The number of halogens is 4. The quantitative estimate of drug-likeness (QED) is 0.706. The molecule has 0 saturated carbocycles. The smallest absolute Gasteiger partial charge is 0.406 e. The van der Waals surface area contributed by atoms with Crippen LogP contribution in [0.2, 0.25) is 5.02 Å². The van der Waals surface area contributed by atoms with E-state index in [1.807, 2.05) is 0 Å². The van der Waals surface area contributed by atoms with Gasteiger partial charge in [-0.25, -0.2) is 0 Å². The van der Waals surface area contributed by atoms with Gasteiger partial charge in [-0.15, -0.1) is 13.2 Å². The summed E-state index contributed by atoms with van der Waals surface area (Å²) in [5, 5.41) is 13.1. The van der Waals surface area contributed by atoms with E-state index in [0.717, 1.165) is 12.1 Å². The first-order valence-electron chi connectivity index (χ1n) is 7.16. The van der Waals surface area contributed by atoms with Crippen LogP contribution in [0.25, 0.3) is 11.3 Å². The zero-order valence-electron chi connectivity index (χ0n) is 12.8. The van der Waals surface area contributed by atoms with Gasteiger partial charge in [-0.3, -0.25) is 4.79 Å². The number of aromatic amines is 1. The molecular formula is C16H10ClF3N4O2. The molecule has 0 aliphatic carbocycles. The van der Waals surface area contributed by atoms with Crippen LogP contribution in [-0.4, -0.2) is 27.7 Å². The lowest BCUT2D eigenvalue weighted by Gasteiger charge is -2.09. The average Bonchev–Trinajstić information content (AvgIpc) is 3.05. The first kappa shape index (κ1) is 17.7. The van der Waals surface area contributed by atoms with Crippen LogP contribution in [0, 0.1) is 0 Å². The van der Waals surface area contributed by atoms with E-state index in [2.05, 4.69) is 25.5 Å². The van der Waals surface area contributed by atoms with Crippen molar-refractivity contribution >= 4 is 23.2 Å². The summed E-state index contributed by atoms with van der Waals surface area (Å²) in [5.41, 5.74) is 1.17. The summed E-state index contributed by atoms with van der Waals surface area (Å²) in [6.07, 6.45) is -4.78. The Morgan fingerprint density at radius 1 is 1.12 bits per heavy atom. The van der Waals surface area contributed by atoms with E-state index >= 15 is 0 Å². The SMILES string of the molecule is O=C(Nc1ccc(OC(F)(F)F)cc1)c1n[nH]nc1-c1cccc(Cl)c1. The second-order valence-corrected chi connectivity index (χ2v) is 5.49. The minimum Gasteiger partial charge on any atom is -0.406 e. The maximum Gasteiger partial charge on any atom is 0.573 e. The predicted octanol–water partition coefficient (Wildman–Crippen LogP) is 4.28. The molecule has 0 atom stereocenters. The summed E-state index contributed by atoms with van der Waals surface area (Å²) in [6, 6.07) is 11.4. The first-order chi connectivity index (χ1) is 12.3. The van der Waals surface area contributed by atoms with Crippen LogP contribution in [0.5, 0.6) is 5.75 Å². The summed E-state index contributed by atoms with van der Waals surface area (Å²) in [5.74, 6) is -0.977. The summed E-state index contributed by atoms with van der Waals surface area (Å²) in [4.78, 5) is 12.4. The monoisotopic (exact) mass is 382 g/mol. The number of nitrogens with one attached hydrogen (secondary N) is 2. The average molecular weight is 383 g/mol. The molecule has 26 heavy (non-hydrogen) atoms. The second kappa shape index (κ2) is 7.04. The third-order valence-electron chi connectivity index (χ3n) is 3.21. The highest BCUT2D eigenvalue weighted by atomic mass is 35.5. The van der Waals surface area contributed by atoms with Crippen LogP contribution in [0.15, 0.2) is 48.5 Å². The number of ether oxygens (including phenoxy) is 1. The van der Waals surface area contributed by atoms with Gasteiger partial charge in [0.2, 0.25) is 0 Å². The number of H-pyrrole nitrogens is 1. The zero-order chi connectivity index (χ0) is 18.7. The fourth-order valence-electron chi connectivity index (χ4n) is 2.16. The molecular weight excluding hydrogens is 373 g/mol. The molecule has 1 heterocycles. The van der Waals surface area contributed by atoms with Crippen LogP contribution in [0.1, 0.15) is 10.5 Å². The number of benzene rings is 2. The van der Waals surface area contributed by atoms with Gasteiger partial charge in [0.25, 0.3) is 5.91 Å². The van der Waals surface area contributed by atoms with Crippen molar-refractivity contribution in [2.45, 2.75) is 6.36 Å². The molecule has 1 amide bonds. The summed E-state index contributed by atoms with van der Waals surface area (Å²) in [7, 11) is 0. The Labute approximate surface area is 149 Å². The van der Waals surface area contributed by atoms with Crippen LogP contribution >= 0.6 is 11.6 Å². The first-order valence-corrected chi connectivity index (χ1v) is 7.53. The van der Waals surface area contributed by atoms with Crippen molar-refractivity contribution in [3.8, 4) is 17.0 Å². The van der Waals surface area contributed by atoms with Crippen molar-refractivity contribution in [2.24, 2.45) is 0 Å². The molecule has 134 valence electrons. The van der Waals surface area contributed by atoms with E-state index in [1.165, 1.54) is 12.1 Å². The molecule has 2 N–H and O–H groups in total. The number of hydrogen-bond donors (Lipinski definition) is 2. The van der Waals surface area contributed by atoms with E-state index in [0.29, 0.717) is 16.3 Å². The number of carbonyl (C=O) groups is 1. The van der Waals surface area contributed by atoms with Gasteiger partial charge < -0.3 is 10.1 Å². The van der Waals surface area contributed by atoms with Gasteiger partial charge in [0.15, 0.2) is 5.69 Å². The third-order valence-corrected chi connectivity index (χ3v) is 3.44. The van der Waals surface area contributed by atoms with E-state index in [9.17, 15) is 18.0 Å². The molecule has 0 bridgehead atoms. The third kappa shape index (κ3) is 4.31. The standard InChI is InChI=1S/C16H10ClF3N4O2/c17-10-3-1-2-9(8-10)13-14(23-24-22-13)15(25)21-11-4-6-12(7-5-11)26-16(18,19)20/h1-8H,(H,21,25)(H,22,23,24). The lowest BCUT2D eigenvalue weighted by atomic mass is 10.1. The predicted molar refractivity (Wildman–Crippen MR) is 87.9 cm³/mol. The summed E-state index contributed by atoms with van der Waals surface area (Å²) >= 11 is 5.93. The number of aromatic nitrogens is 3. The van der Waals surface area contributed by atoms with Gasteiger partial charge in [0, 0.05) is 16.3 Å². The lowest BCUT2D eigenvalue weighted by Crippen LogP contribution is -2.17. The Morgan fingerprint density at radius 3 is 2.50 bits per heavy atom. The lowest BCUT2D eigenvalue weighted by molar-refractivity contribution is -0.274. The Balaban J connectivity index is 1.76. The van der Waals surface area contributed by atoms with Gasteiger partial charge in [0.1, 0.15) is 11.4 Å². The Bertz CT molecular complexity index is 926. The molecule has 0 unspecified atom stereocenters. The molecule has 0 spiro atoms. The topological polar surface area (TPSA) is 79.9 Å². The maximum atomic E-state index is 12.4. The van der Waals surface area contributed by atoms with E-state index in [-0.39, 0.29) is 11.4 Å². The number of alkyl halides is 3. The minimum absolute atomic E-state index is 0.0166. The zero-order valence-corrected chi connectivity index (χ0v) is 13.6. The highest BCUT2D eigenvalue weighted by Crippen LogP contribution is 2.26. The van der Waals surface area contributed by atoms with Gasteiger partial charge in [-0.05, 0) is 36.4 Å². The molecule has 3 aromatic rings. The fraction of sp³-hybridized carbons (Fsp3) is 0.0625. The van der Waals surface area contributed by atoms with E-state index < -0.39 is 18.0 Å². The van der Waals surface area contributed by atoms with Crippen molar-refractivity contribution < 1.29 is 22.7 Å². The molecule has 2 aromatic carbocycles. The maximum absolute atomic E-state index is 12.4. The fourth-order valence-corrected chi connectivity index (χ4v) is 2.35. The van der Waals surface area contributed by atoms with Crippen molar-refractivity contribution in [3.63, 3.8) is 0 Å². The molecule has 6 nitrogen and oxygen atoms in total. The molecule has 10 heteroatoms. The molecule has 0 radical (unpaired) electrons. The van der Waals surface area contributed by atoms with Gasteiger partial charge in [0.05, 0.1) is 0 Å². The van der Waals surface area contributed by atoms with Crippen molar-refractivity contribution in [2.75, 3.05) is 5.32 Å². The summed E-state index contributed by atoms with van der Waals surface area (Å²) < 4.78 is 40.2. The number of anilines is 1. The summed E-state index contributed by atoms with van der Waals surface area (Å²) in [6.45, 7) is 0. The highest BCUT2D eigenvalue weighted by Gasteiger charge is 2.31. The van der Waals surface area contributed by atoms with Crippen LogP contribution in [0.3, 0.4) is 0 Å². The molecule has 0 aliphatic heterocycles. The normalized spacial score (nSPS) is 11.2. The number of carbonyl (C=O) groups excluding carboxylic acids is 1. The number of rotatable bonds is 4. The number of amides is 1. The number of nitrogens with zero attached hydrogens (tertiary/aromatic N) is 2.